The molecule has 0 radical (unpaired) electrons. The van der Waals surface area contributed by atoms with E-state index in [1.807, 2.05) is 0 Å². The molecule has 13 heteroatoms. The van der Waals surface area contributed by atoms with Crippen LogP contribution in [0.5, 0.6) is 0 Å². The van der Waals surface area contributed by atoms with Gasteiger partial charge in [0.2, 0.25) is 6.20 Å². The second-order valence-corrected chi connectivity index (χ2v) is 2.81. The summed E-state index contributed by atoms with van der Waals surface area (Å²) in [5.41, 5.74) is 6.89. The third kappa shape index (κ3) is 1.92. The third-order valence-electron chi connectivity index (χ3n) is 1.76. The first-order chi connectivity index (χ1) is 7.80. The van der Waals surface area contributed by atoms with Crippen molar-refractivity contribution in [2.24, 2.45) is 0 Å². The molecular weight excluding hydrogens is 244 g/mol. The number of hydrogen-bond acceptors (Lipinski definition) is 8. The Bertz CT molecular complexity index is 444. The Hall–Kier alpha value is -2.86. The Kier molecular flexibility index (Phi) is 2.84. The topological polar surface area (TPSA) is 183 Å². The highest BCUT2D eigenvalue weighted by atomic mass is 16.7. The highest BCUT2D eigenvalue weighted by Gasteiger charge is 2.75. The molecule has 0 unspecified atom stereocenters. The third-order valence-corrected chi connectivity index (χ3v) is 1.76. The van der Waals surface area contributed by atoms with Crippen molar-refractivity contribution >= 4 is 5.88 Å². The molecule has 0 saturated heterocycles. The van der Waals surface area contributed by atoms with E-state index in [0.29, 0.717) is 4.68 Å². The molecule has 0 aliphatic heterocycles. The largest absolute Gasteiger partial charge is 0.761 e. The van der Waals surface area contributed by atoms with Crippen LogP contribution in [0.15, 0.2) is 10.7 Å². The number of nitrogens with one attached hydrogen (secondary N) is 1. The van der Waals surface area contributed by atoms with E-state index < -0.39 is 33.0 Å². The van der Waals surface area contributed by atoms with Crippen molar-refractivity contribution in [3.8, 4) is 0 Å². The van der Waals surface area contributed by atoms with Gasteiger partial charge >= 0.3 is 12.3 Å². The maximum atomic E-state index is 10.5. The van der Waals surface area contributed by atoms with Gasteiger partial charge < -0.3 is 10.3 Å². The molecule has 1 aromatic rings. The van der Waals surface area contributed by atoms with Crippen LogP contribution < -0.4 is 4.68 Å². The SMILES string of the molecule is [NH-]c1c[n+](CC([N+](=O)[O-])([N+](=O)[O-])[N+](=O)[O-])no1. The zero-order valence-electron chi connectivity index (χ0n) is 7.88. The molecule has 0 bridgehead atoms. The van der Waals surface area contributed by atoms with E-state index in [2.05, 4.69) is 9.79 Å². The van der Waals surface area contributed by atoms with Crippen molar-refractivity contribution in [1.82, 2.24) is 5.27 Å². The summed E-state index contributed by atoms with van der Waals surface area (Å²) in [6, 6.07) is 0. The molecular formula is C4H4N6O7. The second kappa shape index (κ2) is 3.95. The zero-order valence-corrected chi connectivity index (χ0v) is 7.88. The standard InChI is InChI=1S/C4H4N6O7/c5-3-1-7(6-17-3)2-4(8(11)12,9(13)14)10(15)16/h1,5H,2H2. The van der Waals surface area contributed by atoms with Crippen LogP contribution in [0, 0.1) is 30.3 Å². The molecule has 0 amide bonds. The van der Waals surface area contributed by atoms with Crippen LogP contribution in [-0.4, -0.2) is 25.8 Å². The van der Waals surface area contributed by atoms with Crippen LogP contribution >= 0.6 is 0 Å². The molecule has 1 rings (SSSR count). The lowest BCUT2D eigenvalue weighted by Crippen LogP contribution is -2.62. The molecule has 1 aromatic heterocycles. The minimum Gasteiger partial charge on any atom is -0.660 e. The molecule has 0 aliphatic rings. The summed E-state index contributed by atoms with van der Waals surface area (Å²) in [5, 5.41) is 34.5. The average Bonchev–Trinajstić information content (AvgIpc) is 2.58. The lowest BCUT2D eigenvalue weighted by molar-refractivity contribution is -1.01. The lowest BCUT2D eigenvalue weighted by Gasteiger charge is -2.03. The van der Waals surface area contributed by atoms with E-state index in [4.69, 9.17) is 5.73 Å². The quantitative estimate of drug-likeness (QED) is 0.278. The normalized spacial score (nSPS) is 11.1. The molecule has 1 N–H and O–H groups in total. The summed E-state index contributed by atoms with van der Waals surface area (Å²) >= 11 is 0. The highest BCUT2D eigenvalue weighted by molar-refractivity contribution is 5.19. The maximum Gasteiger partial charge on any atom is 0.761 e. The molecule has 0 spiro atoms. The molecule has 0 atom stereocenters. The first-order valence-corrected chi connectivity index (χ1v) is 3.82. The summed E-state index contributed by atoms with van der Waals surface area (Å²) in [4.78, 5) is 26.6. The van der Waals surface area contributed by atoms with Crippen molar-refractivity contribution in [3.63, 3.8) is 0 Å². The average molecular weight is 248 g/mol. The molecule has 1 heterocycles. The molecule has 92 valence electrons. The molecule has 0 aromatic carbocycles. The molecule has 17 heavy (non-hydrogen) atoms. The predicted octanol–water partition coefficient (Wildman–Crippen LogP) is -0.870. The minimum absolute atomic E-state index is 0.441. The van der Waals surface area contributed by atoms with Crippen LogP contribution in [0.2, 0.25) is 0 Å². The van der Waals surface area contributed by atoms with Crippen molar-refractivity contribution < 1.29 is 24.0 Å². The van der Waals surface area contributed by atoms with Crippen molar-refractivity contribution in [2.45, 2.75) is 12.3 Å². The van der Waals surface area contributed by atoms with Crippen LogP contribution in [0.3, 0.4) is 0 Å². The van der Waals surface area contributed by atoms with Gasteiger partial charge in [-0.3, -0.25) is 30.3 Å². The summed E-state index contributed by atoms with van der Waals surface area (Å²) < 4.78 is 4.60. The van der Waals surface area contributed by atoms with Crippen LogP contribution in [-0.2, 0) is 6.54 Å². The Morgan fingerprint density at radius 2 is 1.76 bits per heavy atom. The fourth-order valence-electron chi connectivity index (χ4n) is 0.944. The smallest absolute Gasteiger partial charge is 0.660 e. The minimum atomic E-state index is -3.66. The van der Waals surface area contributed by atoms with Gasteiger partial charge in [0.1, 0.15) is 5.88 Å². The van der Waals surface area contributed by atoms with Crippen molar-refractivity contribution in [3.05, 3.63) is 42.3 Å². The Morgan fingerprint density at radius 3 is 2.06 bits per heavy atom. The summed E-state index contributed by atoms with van der Waals surface area (Å²) in [6.45, 7) is -1.29. The van der Waals surface area contributed by atoms with E-state index in [1.54, 1.807) is 0 Å². The van der Waals surface area contributed by atoms with Gasteiger partial charge in [0.15, 0.2) is 20.0 Å². The van der Waals surface area contributed by atoms with Gasteiger partial charge in [0, 0.05) is 0 Å². The van der Waals surface area contributed by atoms with Gasteiger partial charge in [-0.2, -0.15) is 0 Å². The van der Waals surface area contributed by atoms with Crippen molar-refractivity contribution in [1.29, 1.82) is 0 Å². The van der Waals surface area contributed by atoms with Crippen LogP contribution in [0.1, 0.15) is 0 Å². The summed E-state index contributed by atoms with van der Waals surface area (Å²) in [6.07, 6.45) is 0.741. The summed E-state index contributed by atoms with van der Waals surface area (Å²) in [5.74, 6) is -4.21. The number of aromatic nitrogens is 2. The Balaban J connectivity index is 3.19. The fourth-order valence-corrected chi connectivity index (χ4v) is 0.944. The van der Waals surface area contributed by atoms with Crippen LogP contribution in [0.4, 0.5) is 5.88 Å². The van der Waals surface area contributed by atoms with Gasteiger partial charge in [0.25, 0.3) is 0 Å². The molecule has 0 saturated carbocycles. The monoisotopic (exact) mass is 248 g/mol. The zero-order chi connectivity index (χ0) is 13.2. The van der Waals surface area contributed by atoms with Crippen LogP contribution in [0.25, 0.3) is 5.73 Å². The lowest BCUT2D eigenvalue weighted by atomic mass is 10.4. The maximum absolute atomic E-state index is 10.5. The molecule has 13 nitrogen and oxygen atoms in total. The highest BCUT2D eigenvalue weighted by Crippen LogP contribution is 2.13. The number of rotatable bonds is 5. The number of hydrogen-bond donors (Lipinski definition) is 0. The van der Waals surface area contributed by atoms with Gasteiger partial charge in [0.05, 0.1) is 0 Å². The van der Waals surface area contributed by atoms with Gasteiger partial charge in [-0.1, -0.05) is 0 Å². The van der Waals surface area contributed by atoms with Gasteiger partial charge in [-0.15, -0.1) is 0 Å². The Labute approximate surface area is 90.8 Å². The van der Waals surface area contributed by atoms with Gasteiger partial charge in [-0.05, 0) is 4.68 Å². The second-order valence-electron chi connectivity index (χ2n) is 2.81. The molecule has 0 aliphatic carbocycles. The van der Waals surface area contributed by atoms with E-state index >= 15 is 0 Å². The first-order valence-electron chi connectivity index (χ1n) is 3.82. The van der Waals surface area contributed by atoms with E-state index in [0.717, 1.165) is 6.20 Å². The number of nitrogens with zero attached hydrogens (tertiary/aromatic N) is 5. The Morgan fingerprint density at radius 1 is 1.29 bits per heavy atom. The van der Waals surface area contributed by atoms with E-state index in [1.165, 1.54) is 0 Å². The number of nitro groups is 3. The van der Waals surface area contributed by atoms with E-state index in [9.17, 15) is 30.3 Å². The summed E-state index contributed by atoms with van der Waals surface area (Å²) in [7, 11) is 0. The van der Waals surface area contributed by atoms with Gasteiger partial charge in [-0.25, -0.2) is 0 Å². The molecule has 0 fully saturated rings. The van der Waals surface area contributed by atoms with Crippen molar-refractivity contribution in [2.75, 3.05) is 0 Å². The fraction of sp³-hybridized carbons (Fsp3) is 0.500. The van der Waals surface area contributed by atoms with E-state index in [-0.39, 0.29) is 0 Å². The predicted molar refractivity (Wildman–Crippen MR) is 44.4 cm³/mol. The first kappa shape index (κ1) is 12.2.